The summed E-state index contributed by atoms with van der Waals surface area (Å²) in [6.07, 6.45) is 3.70. The number of hydrogen-bond donors (Lipinski definition) is 1. The molecule has 0 aliphatic carbocycles. The van der Waals surface area contributed by atoms with Crippen LogP contribution in [0.5, 0.6) is 0 Å². The summed E-state index contributed by atoms with van der Waals surface area (Å²) in [5.41, 5.74) is 2.46. The summed E-state index contributed by atoms with van der Waals surface area (Å²) >= 11 is 0. The molecule has 8 heteroatoms. The molecule has 1 aromatic heterocycles. The zero-order chi connectivity index (χ0) is 19.7. The fourth-order valence-corrected chi connectivity index (χ4v) is 5.68. The molecule has 2 saturated heterocycles. The molecule has 2 aliphatic heterocycles. The van der Waals surface area contributed by atoms with E-state index in [1.807, 2.05) is 36.7 Å². The van der Waals surface area contributed by atoms with Crippen LogP contribution in [0.25, 0.3) is 0 Å². The van der Waals surface area contributed by atoms with E-state index >= 15 is 0 Å². The molecule has 2 aromatic rings. The Morgan fingerprint density at radius 3 is 2.71 bits per heavy atom. The summed E-state index contributed by atoms with van der Waals surface area (Å²) in [4.78, 5) is 0.361. The molecule has 7 nitrogen and oxygen atoms in total. The van der Waals surface area contributed by atoms with Crippen LogP contribution < -0.4 is 5.32 Å². The predicted octanol–water partition coefficient (Wildman–Crippen LogP) is 3.51. The number of nitrogens with zero attached hydrogens (tertiary/aromatic N) is 2. The Balaban J connectivity index is 1.57. The number of aryl methyl sites for hydroxylation is 2. The minimum Gasteiger partial charge on any atom is -0.380 e. The molecule has 2 fully saturated rings. The van der Waals surface area contributed by atoms with E-state index in [2.05, 4.69) is 10.4 Å². The molecule has 2 aliphatic rings. The summed E-state index contributed by atoms with van der Waals surface area (Å²) in [5.74, 6) is 0.683. The number of rotatable bonds is 5. The standard InChI is InChI=1S/C20H27N3O4S/c1-14-6-7-16(12-18(14)28(24,25)17-8-10-26-13-17)21-19-11-15(2)23(22-19)20-5-3-4-9-27-20/h6-7,11-12,17,20H,3-5,8-10,13H2,1-2H3,(H,21,22). The Kier molecular flexibility index (Phi) is 5.44. The second kappa shape index (κ2) is 7.85. The highest BCUT2D eigenvalue weighted by atomic mass is 32.2. The molecule has 28 heavy (non-hydrogen) atoms. The van der Waals surface area contributed by atoms with Crippen molar-refractivity contribution in [2.75, 3.05) is 25.1 Å². The number of sulfone groups is 1. The van der Waals surface area contributed by atoms with E-state index in [9.17, 15) is 8.42 Å². The van der Waals surface area contributed by atoms with Gasteiger partial charge in [-0.25, -0.2) is 13.1 Å². The number of benzene rings is 1. The molecule has 3 heterocycles. The lowest BCUT2D eigenvalue weighted by atomic mass is 10.2. The van der Waals surface area contributed by atoms with Gasteiger partial charge in [-0.3, -0.25) is 0 Å². The molecule has 0 saturated carbocycles. The lowest BCUT2D eigenvalue weighted by Gasteiger charge is -2.23. The third kappa shape index (κ3) is 3.81. The molecule has 4 rings (SSSR count). The lowest BCUT2D eigenvalue weighted by Crippen LogP contribution is -2.22. The normalized spacial score (nSPS) is 23.1. The van der Waals surface area contributed by atoms with Crippen LogP contribution in [0.4, 0.5) is 11.5 Å². The highest BCUT2D eigenvalue weighted by Crippen LogP contribution is 2.30. The van der Waals surface area contributed by atoms with E-state index in [-0.39, 0.29) is 12.8 Å². The van der Waals surface area contributed by atoms with Gasteiger partial charge in [-0.15, -0.1) is 0 Å². The van der Waals surface area contributed by atoms with Gasteiger partial charge in [0.05, 0.1) is 16.8 Å². The second-order valence-corrected chi connectivity index (χ2v) is 9.77. The van der Waals surface area contributed by atoms with Crippen molar-refractivity contribution in [1.29, 1.82) is 0 Å². The first-order valence-electron chi connectivity index (χ1n) is 9.82. The first-order chi connectivity index (χ1) is 13.4. The monoisotopic (exact) mass is 405 g/mol. The van der Waals surface area contributed by atoms with Gasteiger partial charge in [0.1, 0.15) is 0 Å². The van der Waals surface area contributed by atoms with Crippen LogP contribution in [0.3, 0.4) is 0 Å². The third-order valence-corrected chi connectivity index (χ3v) is 7.75. The summed E-state index contributed by atoms with van der Waals surface area (Å²) in [7, 11) is -3.41. The fourth-order valence-electron chi connectivity index (χ4n) is 3.83. The van der Waals surface area contributed by atoms with Crippen LogP contribution in [0.1, 0.15) is 43.2 Å². The maximum Gasteiger partial charge on any atom is 0.183 e. The van der Waals surface area contributed by atoms with E-state index in [4.69, 9.17) is 9.47 Å². The summed E-state index contributed by atoms with van der Waals surface area (Å²) in [6, 6.07) is 7.37. The molecule has 0 amide bonds. The van der Waals surface area contributed by atoms with Crippen LogP contribution in [0.2, 0.25) is 0 Å². The Labute approximate surface area is 166 Å². The molecule has 2 unspecified atom stereocenters. The quantitative estimate of drug-likeness (QED) is 0.820. The van der Waals surface area contributed by atoms with Crippen molar-refractivity contribution in [2.24, 2.45) is 0 Å². The highest BCUT2D eigenvalue weighted by molar-refractivity contribution is 7.92. The van der Waals surface area contributed by atoms with Crippen molar-refractivity contribution < 1.29 is 17.9 Å². The fraction of sp³-hybridized carbons (Fsp3) is 0.550. The molecule has 2 atom stereocenters. The van der Waals surface area contributed by atoms with Crippen molar-refractivity contribution in [1.82, 2.24) is 9.78 Å². The van der Waals surface area contributed by atoms with Gasteiger partial charge in [0, 0.05) is 30.7 Å². The van der Waals surface area contributed by atoms with Crippen molar-refractivity contribution in [3.05, 3.63) is 35.5 Å². The average molecular weight is 406 g/mol. The molecule has 1 N–H and O–H groups in total. The van der Waals surface area contributed by atoms with Gasteiger partial charge < -0.3 is 14.8 Å². The van der Waals surface area contributed by atoms with Crippen molar-refractivity contribution in [2.45, 2.75) is 55.9 Å². The maximum atomic E-state index is 13.0. The Bertz CT molecular complexity index is 942. The molecular formula is C20H27N3O4S. The summed E-state index contributed by atoms with van der Waals surface area (Å²) in [5, 5.41) is 7.42. The van der Waals surface area contributed by atoms with Gasteiger partial charge in [-0.1, -0.05) is 6.07 Å². The van der Waals surface area contributed by atoms with Crippen LogP contribution >= 0.6 is 0 Å². The predicted molar refractivity (Wildman–Crippen MR) is 107 cm³/mol. The topological polar surface area (TPSA) is 82.5 Å². The van der Waals surface area contributed by atoms with Gasteiger partial charge in [0.15, 0.2) is 21.9 Å². The smallest absolute Gasteiger partial charge is 0.183 e. The van der Waals surface area contributed by atoms with E-state index in [0.29, 0.717) is 29.4 Å². The van der Waals surface area contributed by atoms with Gasteiger partial charge in [-0.05, 0) is 57.2 Å². The Hall–Kier alpha value is -1.90. The lowest BCUT2D eigenvalue weighted by molar-refractivity contribution is -0.0404. The van der Waals surface area contributed by atoms with Crippen molar-refractivity contribution >= 4 is 21.3 Å². The second-order valence-electron chi connectivity index (χ2n) is 7.57. The van der Waals surface area contributed by atoms with Crippen LogP contribution in [0.15, 0.2) is 29.2 Å². The number of hydrogen-bond acceptors (Lipinski definition) is 6. The molecule has 1 aromatic carbocycles. The van der Waals surface area contributed by atoms with E-state index in [0.717, 1.165) is 37.1 Å². The summed E-state index contributed by atoms with van der Waals surface area (Å²) < 4.78 is 39.0. The average Bonchev–Trinajstić information content (AvgIpc) is 3.34. The number of anilines is 2. The zero-order valence-electron chi connectivity index (χ0n) is 16.3. The molecule has 152 valence electrons. The van der Waals surface area contributed by atoms with Gasteiger partial charge in [-0.2, -0.15) is 5.10 Å². The van der Waals surface area contributed by atoms with Gasteiger partial charge in [0.2, 0.25) is 0 Å². The SMILES string of the molecule is Cc1ccc(Nc2cc(C)n(C3CCCCO3)n2)cc1S(=O)(=O)C1CCOC1. The van der Waals surface area contributed by atoms with Crippen LogP contribution in [0, 0.1) is 13.8 Å². The first kappa shape index (κ1) is 19.4. The number of nitrogens with one attached hydrogen (secondary N) is 1. The van der Waals surface area contributed by atoms with E-state index in [1.165, 1.54) is 0 Å². The molecule has 0 bridgehead atoms. The first-order valence-corrected chi connectivity index (χ1v) is 11.4. The molecular weight excluding hydrogens is 378 g/mol. The minimum atomic E-state index is -3.41. The van der Waals surface area contributed by atoms with Crippen LogP contribution in [-0.2, 0) is 19.3 Å². The highest BCUT2D eigenvalue weighted by Gasteiger charge is 2.32. The molecule has 0 radical (unpaired) electrons. The van der Waals surface area contributed by atoms with Gasteiger partial charge >= 0.3 is 0 Å². The maximum absolute atomic E-state index is 13.0. The number of aromatic nitrogens is 2. The largest absolute Gasteiger partial charge is 0.380 e. The number of ether oxygens (including phenoxy) is 2. The third-order valence-electron chi connectivity index (χ3n) is 5.44. The van der Waals surface area contributed by atoms with Crippen molar-refractivity contribution in [3.63, 3.8) is 0 Å². The molecule has 0 spiro atoms. The van der Waals surface area contributed by atoms with E-state index < -0.39 is 15.1 Å². The Morgan fingerprint density at radius 1 is 1.14 bits per heavy atom. The van der Waals surface area contributed by atoms with Crippen molar-refractivity contribution in [3.8, 4) is 0 Å². The van der Waals surface area contributed by atoms with Crippen LogP contribution in [-0.4, -0.2) is 43.3 Å². The zero-order valence-corrected chi connectivity index (χ0v) is 17.2. The van der Waals surface area contributed by atoms with E-state index in [1.54, 1.807) is 6.07 Å². The van der Waals surface area contributed by atoms with Gasteiger partial charge in [0.25, 0.3) is 0 Å². The summed E-state index contributed by atoms with van der Waals surface area (Å²) in [6.45, 7) is 5.36. The minimum absolute atomic E-state index is 0.0272. The Morgan fingerprint density at radius 2 is 2.00 bits per heavy atom.